The van der Waals surface area contributed by atoms with Crippen LogP contribution in [0.1, 0.15) is 59.3 Å². The van der Waals surface area contributed by atoms with Crippen molar-refractivity contribution in [3.63, 3.8) is 0 Å². The van der Waals surface area contributed by atoms with Crippen LogP contribution < -0.4 is 10.6 Å². The zero-order chi connectivity index (χ0) is 26.7. The highest BCUT2D eigenvalue weighted by Gasteiger charge is 2.62. The molecule has 5 atom stereocenters. The quantitative estimate of drug-likeness (QED) is 0.321. The number of esters is 1. The Morgan fingerprint density at radius 3 is 2.42 bits per heavy atom. The van der Waals surface area contributed by atoms with E-state index in [1.807, 2.05) is 0 Å². The van der Waals surface area contributed by atoms with Gasteiger partial charge in [0.1, 0.15) is 30.3 Å². The first-order valence-corrected chi connectivity index (χ1v) is 12.6. The first-order chi connectivity index (χ1) is 16.9. The van der Waals surface area contributed by atoms with E-state index in [0.29, 0.717) is 6.42 Å². The fraction of sp³-hybridized carbons (Fsp3) is 0.692. The van der Waals surface area contributed by atoms with Crippen molar-refractivity contribution in [1.29, 1.82) is 0 Å². The number of carbonyl (C=O) groups is 4. The van der Waals surface area contributed by atoms with E-state index in [1.165, 1.54) is 11.0 Å². The predicted molar refractivity (Wildman–Crippen MR) is 132 cm³/mol. The fourth-order valence-corrected chi connectivity index (χ4v) is 5.00. The SMILES string of the molecule is C=CCOC(=O)[C@@]1(NC(=O)[C@@H]2C[C@H](O)CN2C(=O)[C@@H](NC(=O)OC2CCCC2)C(C)(C)C)C[C@H]1C=C. The molecule has 0 bridgehead atoms. The Balaban J connectivity index is 1.74. The lowest BCUT2D eigenvalue weighted by molar-refractivity contribution is -0.149. The molecule has 10 nitrogen and oxygen atoms in total. The van der Waals surface area contributed by atoms with Gasteiger partial charge in [-0.3, -0.25) is 9.59 Å². The van der Waals surface area contributed by atoms with Crippen LogP contribution in [0, 0.1) is 11.3 Å². The van der Waals surface area contributed by atoms with Crippen LogP contribution in [0.15, 0.2) is 25.3 Å². The number of hydrogen-bond acceptors (Lipinski definition) is 7. The van der Waals surface area contributed by atoms with E-state index < -0.39 is 53.0 Å². The molecule has 0 spiro atoms. The number of β-amino-alcohol motifs (C(OH)–C–C–N with tert-alkyl or cyclic N) is 1. The number of alkyl carbamates (subject to hydrolysis) is 1. The van der Waals surface area contributed by atoms with Crippen molar-refractivity contribution in [2.45, 2.75) is 89.1 Å². The molecule has 3 fully saturated rings. The molecule has 3 rings (SSSR count). The lowest BCUT2D eigenvalue weighted by Crippen LogP contribution is -2.59. The second-order valence-electron chi connectivity index (χ2n) is 11.0. The molecule has 0 radical (unpaired) electrons. The van der Waals surface area contributed by atoms with Gasteiger partial charge in [-0.1, -0.05) is 39.5 Å². The predicted octanol–water partition coefficient (Wildman–Crippen LogP) is 1.82. The Bertz CT molecular complexity index is 892. The highest BCUT2D eigenvalue weighted by atomic mass is 16.6. The van der Waals surface area contributed by atoms with Gasteiger partial charge in [0.15, 0.2) is 0 Å². The number of aliphatic hydroxyl groups excluding tert-OH is 1. The Labute approximate surface area is 212 Å². The van der Waals surface area contributed by atoms with Crippen molar-refractivity contribution in [3.05, 3.63) is 25.3 Å². The number of nitrogens with zero attached hydrogens (tertiary/aromatic N) is 1. The third-order valence-electron chi connectivity index (χ3n) is 7.16. The highest BCUT2D eigenvalue weighted by molar-refractivity contribution is 5.96. The average Bonchev–Trinajstić information content (AvgIpc) is 3.10. The first kappa shape index (κ1) is 27.7. The standard InChI is InChI=1S/C26H39N3O7/c1-6-12-35-23(33)26(14-16(26)7-2)28-21(31)19-13-17(30)15-29(19)22(32)20(25(3,4)5)27-24(34)36-18-10-8-9-11-18/h6-7,16-20,30H,1-2,8-15H2,3-5H3,(H,27,34)(H,28,31)/t16-,17+,19+,20-,26-/m1/s1. The molecule has 36 heavy (non-hydrogen) atoms. The summed E-state index contributed by atoms with van der Waals surface area (Å²) >= 11 is 0. The Kier molecular flexibility index (Phi) is 8.48. The van der Waals surface area contributed by atoms with Crippen molar-refractivity contribution in [3.8, 4) is 0 Å². The van der Waals surface area contributed by atoms with Gasteiger partial charge in [-0.25, -0.2) is 9.59 Å². The Morgan fingerprint density at radius 1 is 1.19 bits per heavy atom. The van der Waals surface area contributed by atoms with Crippen LogP contribution in [0.5, 0.6) is 0 Å². The number of aliphatic hydroxyl groups is 1. The first-order valence-electron chi connectivity index (χ1n) is 12.6. The topological polar surface area (TPSA) is 134 Å². The largest absolute Gasteiger partial charge is 0.460 e. The average molecular weight is 506 g/mol. The number of nitrogens with one attached hydrogen (secondary N) is 2. The van der Waals surface area contributed by atoms with Gasteiger partial charge in [0.05, 0.1) is 6.10 Å². The lowest BCUT2D eigenvalue weighted by atomic mass is 9.85. The zero-order valence-corrected chi connectivity index (χ0v) is 21.5. The Morgan fingerprint density at radius 2 is 1.86 bits per heavy atom. The molecular weight excluding hydrogens is 466 g/mol. The smallest absolute Gasteiger partial charge is 0.408 e. The normalized spacial score (nSPS) is 28.7. The second kappa shape index (κ2) is 11.0. The van der Waals surface area contributed by atoms with E-state index in [4.69, 9.17) is 9.47 Å². The molecule has 1 saturated heterocycles. The van der Waals surface area contributed by atoms with Crippen molar-refractivity contribution >= 4 is 23.9 Å². The maximum atomic E-state index is 13.6. The summed E-state index contributed by atoms with van der Waals surface area (Å²) in [5.41, 5.74) is -1.95. The van der Waals surface area contributed by atoms with Crippen LogP contribution >= 0.6 is 0 Å². The van der Waals surface area contributed by atoms with E-state index in [9.17, 15) is 24.3 Å². The molecule has 0 unspecified atom stereocenters. The van der Waals surface area contributed by atoms with Gasteiger partial charge in [-0.2, -0.15) is 0 Å². The minimum absolute atomic E-state index is 0.00294. The second-order valence-corrected chi connectivity index (χ2v) is 11.0. The van der Waals surface area contributed by atoms with Gasteiger partial charge in [0.25, 0.3) is 0 Å². The van der Waals surface area contributed by atoms with Crippen molar-refractivity contribution in [2.75, 3.05) is 13.2 Å². The number of carbonyl (C=O) groups excluding carboxylic acids is 4. The molecule has 3 N–H and O–H groups in total. The summed E-state index contributed by atoms with van der Waals surface area (Å²) in [6.07, 6.45) is 5.19. The van der Waals surface area contributed by atoms with E-state index in [2.05, 4.69) is 23.8 Å². The van der Waals surface area contributed by atoms with Gasteiger partial charge < -0.3 is 30.1 Å². The fourth-order valence-electron chi connectivity index (χ4n) is 5.00. The Hall–Kier alpha value is -2.88. The van der Waals surface area contributed by atoms with E-state index in [-0.39, 0.29) is 31.6 Å². The van der Waals surface area contributed by atoms with Crippen molar-refractivity contribution in [2.24, 2.45) is 11.3 Å². The van der Waals surface area contributed by atoms with Gasteiger partial charge in [-0.15, -0.1) is 6.58 Å². The summed E-state index contributed by atoms with van der Waals surface area (Å²) in [5, 5.41) is 15.8. The van der Waals surface area contributed by atoms with Crippen LogP contribution in [0.2, 0.25) is 0 Å². The van der Waals surface area contributed by atoms with Gasteiger partial charge >= 0.3 is 12.1 Å². The van der Waals surface area contributed by atoms with Gasteiger partial charge in [0, 0.05) is 18.9 Å². The van der Waals surface area contributed by atoms with Gasteiger partial charge in [-0.05, 0) is 37.5 Å². The number of likely N-dealkylation sites (tertiary alicyclic amines) is 1. The van der Waals surface area contributed by atoms with Crippen LogP contribution in [-0.2, 0) is 23.9 Å². The third kappa shape index (κ3) is 6.08. The van der Waals surface area contributed by atoms with Crippen LogP contribution in [0.25, 0.3) is 0 Å². The molecular formula is C26H39N3O7. The van der Waals surface area contributed by atoms with E-state index >= 15 is 0 Å². The summed E-state index contributed by atoms with van der Waals surface area (Å²) in [7, 11) is 0. The molecule has 2 aliphatic carbocycles. The van der Waals surface area contributed by atoms with E-state index in [0.717, 1.165) is 25.7 Å². The van der Waals surface area contributed by atoms with Crippen LogP contribution in [-0.4, -0.2) is 76.9 Å². The summed E-state index contributed by atoms with van der Waals surface area (Å²) in [6.45, 7) is 12.6. The molecule has 1 heterocycles. The lowest BCUT2D eigenvalue weighted by Gasteiger charge is -2.35. The van der Waals surface area contributed by atoms with Gasteiger partial charge in [0.2, 0.25) is 11.8 Å². The molecule has 3 aliphatic rings. The molecule has 0 aromatic rings. The number of ether oxygens (including phenoxy) is 2. The number of amides is 3. The molecule has 200 valence electrons. The van der Waals surface area contributed by atoms with Crippen LogP contribution in [0.3, 0.4) is 0 Å². The molecule has 3 amide bonds. The van der Waals surface area contributed by atoms with Crippen LogP contribution in [0.4, 0.5) is 4.79 Å². The number of hydrogen-bond donors (Lipinski definition) is 3. The maximum Gasteiger partial charge on any atom is 0.408 e. The zero-order valence-electron chi connectivity index (χ0n) is 21.5. The minimum Gasteiger partial charge on any atom is -0.460 e. The van der Waals surface area contributed by atoms with Crippen molar-refractivity contribution in [1.82, 2.24) is 15.5 Å². The molecule has 1 aliphatic heterocycles. The van der Waals surface area contributed by atoms with Crippen molar-refractivity contribution < 1.29 is 33.8 Å². The maximum absolute atomic E-state index is 13.6. The molecule has 0 aromatic carbocycles. The third-order valence-corrected chi connectivity index (χ3v) is 7.16. The summed E-state index contributed by atoms with van der Waals surface area (Å²) in [5.74, 6) is -1.97. The minimum atomic E-state index is -1.25. The molecule has 2 saturated carbocycles. The summed E-state index contributed by atoms with van der Waals surface area (Å²) in [6, 6.07) is -2.00. The monoisotopic (exact) mass is 505 g/mol. The summed E-state index contributed by atoms with van der Waals surface area (Å²) < 4.78 is 10.7. The highest BCUT2D eigenvalue weighted by Crippen LogP contribution is 2.45. The summed E-state index contributed by atoms with van der Waals surface area (Å²) in [4.78, 5) is 53.5. The molecule has 10 heteroatoms. The van der Waals surface area contributed by atoms with E-state index in [1.54, 1.807) is 26.8 Å². The number of rotatable bonds is 9. The molecule has 0 aromatic heterocycles.